The topological polar surface area (TPSA) is 83.8 Å². The molecule has 0 amide bonds. The fraction of sp³-hybridized carbons (Fsp3) is 0.280. The summed E-state index contributed by atoms with van der Waals surface area (Å²) in [5, 5.41) is 0. The van der Waals surface area contributed by atoms with Crippen LogP contribution in [0.25, 0.3) is 5.69 Å². The van der Waals surface area contributed by atoms with Crippen LogP contribution in [0.4, 0.5) is 0 Å². The summed E-state index contributed by atoms with van der Waals surface area (Å²) in [4.78, 5) is 25.9. The first kappa shape index (κ1) is 22.8. The first-order chi connectivity index (χ1) is 15.9. The molecule has 1 atom stereocenters. The minimum absolute atomic E-state index is 0.215. The molecule has 0 unspecified atom stereocenters. The van der Waals surface area contributed by atoms with E-state index >= 15 is 0 Å². The van der Waals surface area contributed by atoms with Crippen LogP contribution in [0.1, 0.15) is 39.0 Å². The number of hydrogen-bond donors (Lipinski definition) is 0. The van der Waals surface area contributed by atoms with Crippen molar-refractivity contribution < 1.29 is 28.0 Å². The molecule has 4 rings (SSSR count). The van der Waals surface area contributed by atoms with Crippen molar-refractivity contribution in [3.05, 3.63) is 71.0 Å². The second-order valence-corrected chi connectivity index (χ2v) is 9.29. The molecule has 0 saturated carbocycles. The third-order valence-corrected chi connectivity index (χ3v) is 6.84. The molecule has 1 aliphatic heterocycles. The lowest BCUT2D eigenvalue weighted by atomic mass is 10.1. The van der Waals surface area contributed by atoms with E-state index in [2.05, 4.69) is 0 Å². The zero-order chi connectivity index (χ0) is 23.5. The van der Waals surface area contributed by atoms with Crippen LogP contribution < -0.4 is 9.47 Å². The van der Waals surface area contributed by atoms with Gasteiger partial charge in [-0.1, -0.05) is 19.1 Å². The maximum Gasteiger partial charge on any atom is 0.339 e. The highest BCUT2D eigenvalue weighted by molar-refractivity contribution is 7.85. The largest absolute Gasteiger partial charge is 0.486 e. The molecule has 2 aromatic carbocycles. The Bertz CT molecular complexity index is 1250. The van der Waals surface area contributed by atoms with E-state index in [1.807, 2.05) is 36.6 Å². The Morgan fingerprint density at radius 3 is 2.48 bits per heavy atom. The molecule has 3 aromatic rings. The van der Waals surface area contributed by atoms with E-state index in [0.717, 1.165) is 17.1 Å². The Balaban J connectivity index is 1.53. The van der Waals surface area contributed by atoms with Gasteiger partial charge in [-0.05, 0) is 44.2 Å². The minimum atomic E-state index is -1.31. The minimum Gasteiger partial charge on any atom is -0.486 e. The summed E-state index contributed by atoms with van der Waals surface area (Å²) >= 11 is 0. The predicted octanol–water partition coefficient (Wildman–Crippen LogP) is 4.03. The molecule has 8 heteroatoms. The van der Waals surface area contributed by atoms with Crippen LogP contribution in [0.5, 0.6) is 11.5 Å². The van der Waals surface area contributed by atoms with Gasteiger partial charge in [-0.3, -0.25) is 9.00 Å². The van der Waals surface area contributed by atoms with Gasteiger partial charge in [0.1, 0.15) is 13.2 Å². The molecule has 1 aliphatic rings. The third-order valence-electron chi connectivity index (χ3n) is 5.46. The quantitative estimate of drug-likeness (QED) is 0.385. The van der Waals surface area contributed by atoms with E-state index in [0.29, 0.717) is 40.9 Å². The fourth-order valence-electron chi connectivity index (χ4n) is 3.89. The van der Waals surface area contributed by atoms with Crippen molar-refractivity contribution in [2.45, 2.75) is 25.7 Å². The van der Waals surface area contributed by atoms with Crippen LogP contribution in [-0.2, 0) is 15.5 Å². The zero-order valence-electron chi connectivity index (χ0n) is 18.8. The van der Waals surface area contributed by atoms with Crippen LogP contribution in [0.15, 0.2) is 53.4 Å². The summed E-state index contributed by atoms with van der Waals surface area (Å²) < 4.78 is 30.7. The van der Waals surface area contributed by atoms with Crippen molar-refractivity contribution in [1.82, 2.24) is 4.57 Å². The fourth-order valence-corrected chi connectivity index (χ4v) is 4.83. The molecule has 2 heterocycles. The molecule has 33 heavy (non-hydrogen) atoms. The number of nitrogens with zero attached hydrogens (tertiary/aromatic N) is 1. The van der Waals surface area contributed by atoms with E-state index in [1.165, 1.54) is 0 Å². The number of Topliss-reactive ketones (excluding diaryl/α,β-unsaturated/α-hetero) is 1. The number of carbonyl (C=O) groups is 2. The highest BCUT2D eigenvalue weighted by Gasteiger charge is 2.21. The van der Waals surface area contributed by atoms with Crippen molar-refractivity contribution in [2.24, 2.45) is 0 Å². The monoisotopic (exact) mass is 467 g/mol. The van der Waals surface area contributed by atoms with Gasteiger partial charge in [-0.15, -0.1) is 0 Å². The van der Waals surface area contributed by atoms with Gasteiger partial charge in [-0.25, -0.2) is 4.79 Å². The average molecular weight is 468 g/mol. The number of aromatic nitrogens is 1. The van der Waals surface area contributed by atoms with Gasteiger partial charge < -0.3 is 18.8 Å². The molecule has 0 spiro atoms. The first-order valence-corrected chi connectivity index (χ1v) is 12.0. The molecule has 7 nitrogen and oxygen atoms in total. The molecule has 0 aliphatic carbocycles. The van der Waals surface area contributed by atoms with Crippen LogP contribution >= 0.6 is 0 Å². The number of ether oxygens (including phenoxy) is 3. The van der Waals surface area contributed by atoms with Gasteiger partial charge in [0.2, 0.25) is 5.78 Å². The SMILES string of the molecule is CC[S@](=O)c1ccccc1C(=O)OCC(=O)c1cc(C)n(-c2ccc3c(c2)OCCO3)c1C. The van der Waals surface area contributed by atoms with Crippen LogP contribution in [0.2, 0.25) is 0 Å². The van der Waals surface area contributed by atoms with Crippen molar-refractivity contribution >= 4 is 22.6 Å². The van der Waals surface area contributed by atoms with Crippen molar-refractivity contribution in [3.63, 3.8) is 0 Å². The van der Waals surface area contributed by atoms with Crippen molar-refractivity contribution in [2.75, 3.05) is 25.6 Å². The van der Waals surface area contributed by atoms with Gasteiger partial charge in [0.15, 0.2) is 18.1 Å². The summed E-state index contributed by atoms with van der Waals surface area (Å²) in [7, 11) is -1.31. The number of hydrogen-bond acceptors (Lipinski definition) is 6. The maximum absolute atomic E-state index is 12.9. The van der Waals surface area contributed by atoms with Crippen molar-refractivity contribution in [3.8, 4) is 17.2 Å². The van der Waals surface area contributed by atoms with Gasteiger partial charge in [0.05, 0.1) is 21.3 Å². The molecule has 1 aromatic heterocycles. The van der Waals surface area contributed by atoms with Gasteiger partial charge in [0, 0.05) is 34.5 Å². The maximum atomic E-state index is 12.9. The highest BCUT2D eigenvalue weighted by Crippen LogP contribution is 2.33. The molecular formula is C25H25NO6S. The van der Waals surface area contributed by atoms with Crippen LogP contribution in [0.3, 0.4) is 0 Å². The number of aryl methyl sites for hydroxylation is 1. The summed E-state index contributed by atoms with van der Waals surface area (Å²) in [6.45, 7) is 6.13. The lowest BCUT2D eigenvalue weighted by Gasteiger charge is -2.20. The second-order valence-electron chi connectivity index (χ2n) is 7.58. The second kappa shape index (κ2) is 9.62. The first-order valence-electron chi connectivity index (χ1n) is 10.7. The molecule has 0 radical (unpaired) electrons. The molecule has 0 fully saturated rings. The van der Waals surface area contributed by atoms with E-state index < -0.39 is 23.4 Å². The molecule has 0 N–H and O–H groups in total. The Morgan fingerprint density at radius 2 is 1.73 bits per heavy atom. The normalized spacial score (nSPS) is 13.4. The summed E-state index contributed by atoms with van der Waals surface area (Å²) in [6.07, 6.45) is 0. The average Bonchev–Trinajstić information content (AvgIpc) is 3.15. The molecular weight excluding hydrogens is 442 g/mol. The Kier molecular flexibility index (Phi) is 6.65. The summed E-state index contributed by atoms with van der Waals surface area (Å²) in [5.74, 6) is 0.765. The number of fused-ring (bicyclic) bond motifs is 1. The van der Waals surface area contributed by atoms with E-state index in [9.17, 15) is 13.8 Å². The Labute approximate surface area is 194 Å². The lowest BCUT2D eigenvalue weighted by molar-refractivity contribution is 0.0471. The van der Waals surface area contributed by atoms with Crippen LogP contribution in [-0.4, -0.2) is 46.1 Å². The predicted molar refractivity (Wildman–Crippen MR) is 124 cm³/mol. The van der Waals surface area contributed by atoms with E-state index in [4.69, 9.17) is 14.2 Å². The van der Waals surface area contributed by atoms with Crippen molar-refractivity contribution in [1.29, 1.82) is 0 Å². The molecule has 172 valence electrons. The standard InChI is InChI=1S/C25H25NO6S/c1-4-33(29)24-8-6-5-7-19(24)25(28)32-15-21(27)20-13-16(2)26(17(20)3)18-9-10-22-23(14-18)31-12-11-30-22/h5-10,13-14H,4,11-12,15H2,1-3H3/t33-/m0/s1. The number of rotatable bonds is 7. The Hall–Kier alpha value is -3.39. The summed E-state index contributed by atoms with van der Waals surface area (Å²) in [5.41, 5.74) is 3.13. The number of carbonyl (C=O) groups excluding carboxylic acids is 2. The van der Waals surface area contributed by atoms with Crippen LogP contribution in [0, 0.1) is 13.8 Å². The smallest absolute Gasteiger partial charge is 0.339 e. The van der Waals surface area contributed by atoms with Gasteiger partial charge in [-0.2, -0.15) is 0 Å². The Morgan fingerprint density at radius 1 is 1.00 bits per heavy atom. The highest BCUT2D eigenvalue weighted by atomic mass is 32.2. The van der Waals surface area contributed by atoms with Gasteiger partial charge in [0.25, 0.3) is 0 Å². The molecule has 0 saturated heterocycles. The van der Waals surface area contributed by atoms with E-state index in [-0.39, 0.29) is 11.3 Å². The lowest BCUT2D eigenvalue weighted by Crippen LogP contribution is -2.17. The summed E-state index contributed by atoms with van der Waals surface area (Å²) in [6, 6.07) is 14.0. The number of esters is 1. The van der Waals surface area contributed by atoms with Gasteiger partial charge >= 0.3 is 5.97 Å². The third kappa shape index (κ3) is 4.57. The van der Waals surface area contributed by atoms with E-state index in [1.54, 1.807) is 37.3 Å². The molecule has 0 bridgehead atoms. The number of benzene rings is 2. The zero-order valence-corrected chi connectivity index (χ0v) is 19.6. The number of ketones is 1.